The number of rotatable bonds is 7. The predicted octanol–water partition coefficient (Wildman–Crippen LogP) is 4.68. The molecule has 0 aromatic rings. The van der Waals surface area contributed by atoms with Gasteiger partial charge in [0.15, 0.2) is 0 Å². The molecule has 0 amide bonds. The van der Waals surface area contributed by atoms with Crippen LogP contribution in [0.4, 0.5) is 0 Å². The average Bonchev–Trinajstić information content (AvgIpc) is 3.05. The number of aliphatic hydroxyl groups excluding tert-OH is 3. The highest BCUT2D eigenvalue weighted by molar-refractivity contribution is 5.36. The van der Waals surface area contributed by atoms with Crippen molar-refractivity contribution in [1.82, 2.24) is 0 Å². The molecule has 3 rings (SSSR count). The van der Waals surface area contributed by atoms with E-state index in [1.165, 1.54) is 36.8 Å². The van der Waals surface area contributed by atoms with Crippen LogP contribution in [0.15, 0.2) is 35.5 Å². The second-order valence-corrected chi connectivity index (χ2v) is 11.3. The summed E-state index contributed by atoms with van der Waals surface area (Å²) in [4.78, 5) is 0. The Bertz CT molecular complexity index is 706. The van der Waals surface area contributed by atoms with Gasteiger partial charge in [-0.3, -0.25) is 0 Å². The molecule has 3 aliphatic rings. The Balaban J connectivity index is 1.70. The molecule has 0 heterocycles. The molecular formula is C27H44O4. The smallest absolute Gasteiger partial charge is 0.0874 e. The zero-order valence-corrected chi connectivity index (χ0v) is 19.8. The molecule has 0 spiro atoms. The van der Waals surface area contributed by atoms with Crippen LogP contribution in [0, 0.1) is 23.2 Å². The maximum absolute atomic E-state index is 10.5. The second kappa shape index (κ2) is 9.91. The predicted molar refractivity (Wildman–Crippen MR) is 125 cm³/mol. The van der Waals surface area contributed by atoms with Gasteiger partial charge in [-0.15, -0.1) is 0 Å². The number of allylic oxidation sites excluding steroid dienone is 4. The summed E-state index contributed by atoms with van der Waals surface area (Å²) in [5.41, 5.74) is 2.97. The van der Waals surface area contributed by atoms with E-state index in [4.69, 9.17) is 0 Å². The number of hydrogen-bond donors (Lipinski definition) is 4. The van der Waals surface area contributed by atoms with Crippen molar-refractivity contribution in [2.75, 3.05) is 6.61 Å². The largest absolute Gasteiger partial charge is 0.393 e. The normalized spacial score (nSPS) is 38.2. The van der Waals surface area contributed by atoms with Crippen LogP contribution in [0.1, 0.15) is 85.0 Å². The van der Waals surface area contributed by atoms with Gasteiger partial charge in [0.1, 0.15) is 0 Å². The third-order valence-electron chi connectivity index (χ3n) is 8.57. The van der Waals surface area contributed by atoms with Crippen LogP contribution in [-0.2, 0) is 0 Å². The van der Waals surface area contributed by atoms with Crippen LogP contribution < -0.4 is 0 Å². The maximum atomic E-state index is 10.5. The van der Waals surface area contributed by atoms with E-state index >= 15 is 0 Å². The first-order valence-electron chi connectivity index (χ1n) is 12.3. The minimum atomic E-state index is -1.22. The molecule has 0 aliphatic heterocycles. The van der Waals surface area contributed by atoms with Gasteiger partial charge in [0.25, 0.3) is 0 Å². The van der Waals surface area contributed by atoms with Crippen LogP contribution in [-0.4, -0.2) is 44.8 Å². The van der Waals surface area contributed by atoms with E-state index in [0.29, 0.717) is 24.2 Å². The molecule has 4 heteroatoms. The van der Waals surface area contributed by atoms with Gasteiger partial charge in [-0.1, -0.05) is 43.7 Å². The molecule has 7 atom stereocenters. The summed E-state index contributed by atoms with van der Waals surface area (Å²) in [6.45, 7) is 10.2. The Morgan fingerprint density at radius 2 is 1.97 bits per heavy atom. The summed E-state index contributed by atoms with van der Waals surface area (Å²) in [5.74, 6) is 1.53. The van der Waals surface area contributed by atoms with Crippen molar-refractivity contribution in [2.24, 2.45) is 23.2 Å². The van der Waals surface area contributed by atoms with Crippen LogP contribution in [0.25, 0.3) is 0 Å². The van der Waals surface area contributed by atoms with E-state index in [1.54, 1.807) is 12.5 Å². The second-order valence-electron chi connectivity index (χ2n) is 11.3. The third kappa shape index (κ3) is 5.71. The van der Waals surface area contributed by atoms with E-state index in [2.05, 4.69) is 32.6 Å². The molecule has 0 radical (unpaired) electrons. The van der Waals surface area contributed by atoms with Crippen LogP contribution >= 0.6 is 0 Å². The lowest BCUT2D eigenvalue weighted by Gasteiger charge is -2.44. The highest BCUT2D eigenvalue weighted by atomic mass is 16.3. The Morgan fingerprint density at radius 1 is 1.23 bits per heavy atom. The molecule has 0 bridgehead atoms. The van der Waals surface area contributed by atoms with Crippen molar-refractivity contribution < 1.29 is 20.4 Å². The van der Waals surface area contributed by atoms with Crippen molar-refractivity contribution in [3.8, 4) is 0 Å². The Kier molecular flexibility index (Phi) is 7.89. The summed E-state index contributed by atoms with van der Waals surface area (Å²) < 4.78 is 0. The standard InChI is InChI=1S/C27H44O4/c1-18-7-10-22(29)15-21(18)9-8-20-6-5-13-27(4)24(11-12-25(20)27)19(2)14-23(30)16-26(3,31)17-28/h8-9,19,22-25,28-31H,1,5-7,10-17H2,2-4H3/b20-8+,21-9?/t19-,22+,23+,24-,25+,26?,27-/m1/s1. The fraction of sp³-hybridized carbons (Fsp3) is 0.778. The molecule has 31 heavy (non-hydrogen) atoms. The first kappa shape index (κ1) is 24.7. The molecule has 4 nitrogen and oxygen atoms in total. The first-order chi connectivity index (χ1) is 14.6. The lowest BCUT2D eigenvalue weighted by Crippen LogP contribution is -2.38. The quantitative estimate of drug-likeness (QED) is 0.471. The van der Waals surface area contributed by atoms with Gasteiger partial charge in [-0.25, -0.2) is 0 Å². The molecule has 3 fully saturated rings. The van der Waals surface area contributed by atoms with Gasteiger partial charge >= 0.3 is 0 Å². The van der Waals surface area contributed by atoms with E-state index in [9.17, 15) is 20.4 Å². The molecule has 0 aromatic heterocycles. The highest BCUT2D eigenvalue weighted by Gasteiger charge is 2.50. The van der Waals surface area contributed by atoms with Gasteiger partial charge in [0.2, 0.25) is 0 Å². The minimum absolute atomic E-state index is 0.217. The van der Waals surface area contributed by atoms with E-state index in [1.807, 2.05) is 0 Å². The van der Waals surface area contributed by atoms with E-state index in [0.717, 1.165) is 25.7 Å². The summed E-state index contributed by atoms with van der Waals surface area (Å²) >= 11 is 0. The van der Waals surface area contributed by atoms with Crippen LogP contribution in [0.2, 0.25) is 0 Å². The summed E-state index contributed by atoms with van der Waals surface area (Å²) in [6.07, 6.45) is 13.0. The van der Waals surface area contributed by atoms with Crippen molar-refractivity contribution in [2.45, 2.75) is 103 Å². The summed E-state index contributed by atoms with van der Waals surface area (Å²) in [5, 5.41) is 40.0. The molecule has 3 saturated carbocycles. The van der Waals surface area contributed by atoms with Gasteiger partial charge in [0, 0.05) is 6.42 Å². The fourth-order valence-corrected chi connectivity index (χ4v) is 6.86. The number of hydrogen-bond acceptors (Lipinski definition) is 4. The van der Waals surface area contributed by atoms with Crippen molar-refractivity contribution in [1.29, 1.82) is 0 Å². The summed E-state index contributed by atoms with van der Waals surface area (Å²) in [7, 11) is 0. The zero-order valence-electron chi connectivity index (χ0n) is 19.8. The Labute approximate surface area is 188 Å². The summed E-state index contributed by atoms with van der Waals surface area (Å²) in [6, 6.07) is 0. The van der Waals surface area contributed by atoms with Gasteiger partial charge in [0.05, 0.1) is 24.4 Å². The topological polar surface area (TPSA) is 80.9 Å². The lowest BCUT2D eigenvalue weighted by molar-refractivity contribution is -0.0439. The molecular weight excluding hydrogens is 388 g/mol. The molecule has 3 aliphatic carbocycles. The molecule has 176 valence electrons. The van der Waals surface area contributed by atoms with Crippen LogP contribution in [0.3, 0.4) is 0 Å². The number of fused-ring (bicyclic) bond motifs is 1. The average molecular weight is 433 g/mol. The first-order valence-corrected chi connectivity index (χ1v) is 12.3. The molecule has 4 N–H and O–H groups in total. The van der Waals surface area contributed by atoms with Gasteiger partial charge < -0.3 is 20.4 Å². The monoisotopic (exact) mass is 432 g/mol. The fourth-order valence-electron chi connectivity index (χ4n) is 6.86. The van der Waals surface area contributed by atoms with E-state index in [-0.39, 0.29) is 24.5 Å². The van der Waals surface area contributed by atoms with E-state index < -0.39 is 11.7 Å². The van der Waals surface area contributed by atoms with Gasteiger partial charge in [-0.05, 0) is 93.5 Å². The minimum Gasteiger partial charge on any atom is -0.393 e. The highest BCUT2D eigenvalue weighted by Crippen LogP contribution is 2.60. The van der Waals surface area contributed by atoms with Crippen molar-refractivity contribution >= 4 is 0 Å². The molecule has 0 saturated heterocycles. The molecule has 1 unspecified atom stereocenters. The van der Waals surface area contributed by atoms with Crippen molar-refractivity contribution in [3.05, 3.63) is 35.5 Å². The SMILES string of the molecule is C=C1CC[C@H](O)CC1=C/C=C1\CCC[C@]2(C)[C@@H]([C@H](C)C[C@H](O)CC(C)(O)CO)CC[C@@H]12. The zero-order chi connectivity index (χ0) is 22.8. The Morgan fingerprint density at radius 3 is 2.68 bits per heavy atom. The molecule has 0 aromatic carbocycles. The third-order valence-corrected chi connectivity index (χ3v) is 8.57. The van der Waals surface area contributed by atoms with Crippen LogP contribution in [0.5, 0.6) is 0 Å². The lowest BCUT2D eigenvalue weighted by atomic mass is 9.60. The van der Waals surface area contributed by atoms with Crippen molar-refractivity contribution in [3.63, 3.8) is 0 Å². The maximum Gasteiger partial charge on any atom is 0.0874 e. The van der Waals surface area contributed by atoms with Gasteiger partial charge in [-0.2, -0.15) is 0 Å². The number of aliphatic hydroxyl groups is 4. The Hall–Kier alpha value is -0.940.